The van der Waals surface area contributed by atoms with Crippen LogP contribution >= 0.6 is 0 Å². The van der Waals surface area contributed by atoms with Gasteiger partial charge in [0.1, 0.15) is 43.7 Å². The summed E-state index contributed by atoms with van der Waals surface area (Å²) < 4.78 is 65.4. The van der Waals surface area contributed by atoms with E-state index in [1.807, 2.05) is 0 Å². The summed E-state index contributed by atoms with van der Waals surface area (Å²) in [6, 6.07) is 9.60. The second kappa shape index (κ2) is 18.6. The number of aromatic nitrogens is 2. The standard InChI is InChI=1S/C38H46N2O19/c1-19(41)49-17-26(53-21(3)43)30(55-23(5)45)32-29(54-22(4)44)25(52-20(2)42)15-38(59-32,35(47)50-16-24-11-9-8-10-12-24)51-18-27-31-33(58-37(6,7)57-31)34(56-27)40-14-13-28(46)39-36(40)48/h8-14,25-27,29-34H,15-18H2,1-7H3,(H,39,46,48)/t25-,26+,27+,29+,30-,31+,32+,33+,34+,38+/m0/s1. The first-order chi connectivity index (χ1) is 27.8. The van der Waals surface area contributed by atoms with Gasteiger partial charge in [0, 0.05) is 46.9 Å². The molecule has 322 valence electrons. The number of nitrogens with zero attached hydrogens (tertiary/aromatic N) is 1. The number of ether oxygens (including phenoxy) is 11. The van der Waals surface area contributed by atoms with Crippen LogP contribution < -0.4 is 11.2 Å². The minimum Gasteiger partial charge on any atom is -0.462 e. The van der Waals surface area contributed by atoms with E-state index in [2.05, 4.69) is 4.98 Å². The average Bonchev–Trinajstić information content (AvgIpc) is 3.63. The van der Waals surface area contributed by atoms with Crippen LogP contribution in [0, 0.1) is 0 Å². The third-order valence-corrected chi connectivity index (χ3v) is 9.12. The number of aromatic amines is 1. The Hall–Kier alpha value is -5.48. The first-order valence-electron chi connectivity index (χ1n) is 18.4. The smallest absolute Gasteiger partial charge is 0.367 e. The minimum atomic E-state index is -2.64. The Kier molecular flexibility index (Phi) is 14.1. The highest BCUT2D eigenvalue weighted by molar-refractivity contribution is 5.78. The molecule has 0 unspecified atom stereocenters. The van der Waals surface area contributed by atoms with Crippen LogP contribution in [0.3, 0.4) is 0 Å². The van der Waals surface area contributed by atoms with Gasteiger partial charge in [-0.05, 0) is 19.4 Å². The van der Waals surface area contributed by atoms with Crippen LogP contribution in [0.2, 0.25) is 0 Å². The number of H-pyrrole nitrogens is 1. The maximum Gasteiger partial charge on any atom is 0.367 e. The van der Waals surface area contributed by atoms with Crippen LogP contribution in [0.5, 0.6) is 0 Å². The number of esters is 6. The van der Waals surface area contributed by atoms with Crippen molar-refractivity contribution in [1.29, 1.82) is 0 Å². The third-order valence-electron chi connectivity index (χ3n) is 9.12. The van der Waals surface area contributed by atoms with Crippen LogP contribution in [0.4, 0.5) is 0 Å². The van der Waals surface area contributed by atoms with Crippen LogP contribution in [0.15, 0.2) is 52.2 Å². The van der Waals surface area contributed by atoms with Crippen molar-refractivity contribution >= 4 is 35.8 Å². The highest BCUT2D eigenvalue weighted by Crippen LogP contribution is 2.44. The normalized spacial score (nSPS) is 27.9. The molecule has 1 aromatic heterocycles. The lowest BCUT2D eigenvalue weighted by molar-refractivity contribution is -0.336. The summed E-state index contributed by atoms with van der Waals surface area (Å²) in [5, 5.41) is 0. The van der Waals surface area contributed by atoms with Gasteiger partial charge in [-0.3, -0.25) is 38.3 Å². The van der Waals surface area contributed by atoms with Gasteiger partial charge < -0.3 is 52.1 Å². The molecule has 21 heteroatoms. The number of rotatable bonds is 15. The molecule has 0 radical (unpaired) electrons. The monoisotopic (exact) mass is 834 g/mol. The second-order valence-corrected chi connectivity index (χ2v) is 14.3. The molecule has 3 saturated heterocycles. The molecule has 5 rings (SSSR count). The summed E-state index contributed by atoms with van der Waals surface area (Å²) in [6.07, 6.45) is -12.5. The van der Waals surface area contributed by atoms with Gasteiger partial charge in [0.15, 0.2) is 30.3 Å². The molecule has 1 aromatic carbocycles. The molecule has 0 aliphatic carbocycles. The van der Waals surface area contributed by atoms with E-state index in [0.717, 1.165) is 45.3 Å². The third kappa shape index (κ3) is 11.2. The number of hydrogen-bond acceptors (Lipinski definition) is 19. The van der Waals surface area contributed by atoms with Crippen LogP contribution in [-0.2, 0) is 87.5 Å². The Morgan fingerprint density at radius 2 is 1.47 bits per heavy atom. The maximum absolute atomic E-state index is 14.5. The molecule has 3 fully saturated rings. The Morgan fingerprint density at radius 1 is 0.814 bits per heavy atom. The summed E-state index contributed by atoms with van der Waals surface area (Å²) >= 11 is 0. The molecule has 21 nitrogen and oxygen atoms in total. The summed E-state index contributed by atoms with van der Waals surface area (Å²) in [5.41, 5.74) is -0.930. The zero-order valence-electron chi connectivity index (χ0n) is 33.3. The van der Waals surface area contributed by atoms with Gasteiger partial charge >= 0.3 is 41.5 Å². The fourth-order valence-corrected chi connectivity index (χ4v) is 6.97. The van der Waals surface area contributed by atoms with E-state index in [9.17, 15) is 38.4 Å². The van der Waals surface area contributed by atoms with Crippen LogP contribution in [-0.4, -0.2) is 119 Å². The largest absolute Gasteiger partial charge is 0.462 e. The van der Waals surface area contributed by atoms with Crippen molar-refractivity contribution in [2.75, 3.05) is 13.2 Å². The van der Waals surface area contributed by atoms with Gasteiger partial charge in [-0.2, -0.15) is 0 Å². The molecule has 10 atom stereocenters. The quantitative estimate of drug-likeness (QED) is 0.189. The van der Waals surface area contributed by atoms with Crippen molar-refractivity contribution in [1.82, 2.24) is 9.55 Å². The molecule has 0 spiro atoms. The van der Waals surface area contributed by atoms with Gasteiger partial charge in [0.05, 0.1) is 13.0 Å². The minimum absolute atomic E-state index is 0.326. The van der Waals surface area contributed by atoms with Crippen molar-refractivity contribution < 1.29 is 80.9 Å². The highest BCUT2D eigenvalue weighted by Gasteiger charge is 2.62. The van der Waals surface area contributed by atoms with Gasteiger partial charge in [-0.15, -0.1) is 0 Å². The topological polar surface area (TPSA) is 259 Å². The molecule has 59 heavy (non-hydrogen) atoms. The lowest BCUT2D eigenvalue weighted by Gasteiger charge is -2.48. The molecule has 0 amide bonds. The number of carbonyl (C=O) groups excluding carboxylic acids is 6. The summed E-state index contributed by atoms with van der Waals surface area (Å²) in [7, 11) is 0. The zero-order valence-corrected chi connectivity index (χ0v) is 33.3. The fourth-order valence-electron chi connectivity index (χ4n) is 6.97. The molecule has 3 aliphatic heterocycles. The van der Waals surface area contributed by atoms with E-state index in [0.29, 0.717) is 5.56 Å². The van der Waals surface area contributed by atoms with Crippen molar-refractivity contribution in [3.63, 3.8) is 0 Å². The Morgan fingerprint density at radius 3 is 2.08 bits per heavy atom. The van der Waals surface area contributed by atoms with Gasteiger partial charge in [-0.1, -0.05) is 30.3 Å². The molecule has 2 aromatic rings. The zero-order chi connectivity index (χ0) is 43.2. The van der Waals surface area contributed by atoms with E-state index in [4.69, 9.17) is 52.1 Å². The van der Waals surface area contributed by atoms with Crippen molar-refractivity contribution in [3.05, 3.63) is 69.0 Å². The Balaban J connectivity index is 1.61. The second-order valence-electron chi connectivity index (χ2n) is 14.3. The average molecular weight is 835 g/mol. The lowest BCUT2D eigenvalue weighted by atomic mass is 9.89. The molecule has 1 N–H and O–H groups in total. The number of fused-ring (bicyclic) bond motifs is 1. The number of hydrogen-bond donors (Lipinski definition) is 1. The lowest BCUT2D eigenvalue weighted by Crippen LogP contribution is -2.66. The first kappa shape index (κ1) is 44.6. The molecule has 4 heterocycles. The number of nitrogens with one attached hydrogen (secondary N) is 1. The molecule has 0 bridgehead atoms. The summed E-state index contributed by atoms with van der Waals surface area (Å²) in [4.78, 5) is 104. The maximum atomic E-state index is 14.5. The number of benzene rings is 1. The van der Waals surface area contributed by atoms with Gasteiger partial charge in [0.25, 0.3) is 11.3 Å². The van der Waals surface area contributed by atoms with E-state index in [1.54, 1.807) is 44.2 Å². The molecule has 0 saturated carbocycles. The predicted octanol–water partition coefficient (Wildman–Crippen LogP) is 0.489. The van der Waals surface area contributed by atoms with Gasteiger partial charge in [0.2, 0.25) is 0 Å². The number of carbonyl (C=O) groups is 6. The highest BCUT2D eigenvalue weighted by atomic mass is 16.8. The summed E-state index contributed by atoms with van der Waals surface area (Å²) in [6.45, 7) is 6.76. The first-order valence-corrected chi connectivity index (χ1v) is 18.4. The molecular weight excluding hydrogens is 788 g/mol. The SMILES string of the molecule is CC(=O)OC[C@@H](OC(C)=O)[C@H](OC(C)=O)[C@@H]1O[C@@](OC[C@H]2O[C@@H](n3ccc(=O)[nH]c3=O)[C@@H]3OC(C)(C)O[C@@H]32)(C(=O)OCc2ccccc2)C[C@H](OC(C)=O)[C@H]1OC(C)=O. The van der Waals surface area contributed by atoms with Crippen molar-refractivity contribution in [2.45, 2.75) is 128 Å². The van der Waals surface area contributed by atoms with Gasteiger partial charge in [-0.25, -0.2) is 9.59 Å². The van der Waals surface area contributed by atoms with Crippen molar-refractivity contribution in [2.24, 2.45) is 0 Å². The Bertz CT molecular complexity index is 2000. The molecule has 3 aliphatic rings. The predicted molar refractivity (Wildman–Crippen MR) is 192 cm³/mol. The van der Waals surface area contributed by atoms with E-state index in [-0.39, 0.29) is 6.61 Å². The van der Waals surface area contributed by atoms with E-state index in [1.165, 1.54) is 6.20 Å². The van der Waals surface area contributed by atoms with Crippen LogP contribution in [0.25, 0.3) is 0 Å². The summed E-state index contributed by atoms with van der Waals surface area (Å²) in [5.74, 6) is -9.61. The van der Waals surface area contributed by atoms with Crippen molar-refractivity contribution in [3.8, 4) is 0 Å². The molecular formula is C38H46N2O19. The van der Waals surface area contributed by atoms with E-state index >= 15 is 0 Å². The van der Waals surface area contributed by atoms with E-state index < -0.39 is 133 Å². The van der Waals surface area contributed by atoms with Crippen LogP contribution in [0.1, 0.15) is 66.7 Å². The fraction of sp³-hybridized carbons (Fsp3) is 0.579. The Labute approximate surface area is 336 Å².